The number of aliphatic hydroxyl groups excluding tert-OH is 2. The first-order valence-corrected chi connectivity index (χ1v) is 49.9. The fourth-order valence-corrected chi connectivity index (χ4v) is 60.4. The van der Waals surface area contributed by atoms with Crippen LogP contribution in [-0.4, -0.2) is 108 Å². The highest BCUT2D eigenvalue weighted by Crippen LogP contribution is 2.38. The largest absolute Gasteiger partial charge is 0.456 e. The molecule has 0 aromatic rings. The van der Waals surface area contributed by atoms with Crippen LogP contribution in [0, 0.1) is 5.41 Å². The third-order valence-corrected chi connectivity index (χ3v) is 46.2. The van der Waals surface area contributed by atoms with Crippen molar-refractivity contribution in [1.82, 2.24) is 0 Å². The lowest BCUT2D eigenvalue weighted by atomic mass is 9.81. The Morgan fingerprint density at radius 1 is 0.392 bits per heavy atom. The van der Waals surface area contributed by atoms with Crippen LogP contribution in [0.3, 0.4) is 0 Å². The van der Waals surface area contributed by atoms with Crippen molar-refractivity contribution >= 4 is 84.1 Å². The Kier molecular flexibility index (Phi) is 19.7. The third-order valence-electron chi connectivity index (χ3n) is 7.88. The Hall–Kier alpha value is 1.81. The Morgan fingerprint density at radius 3 is 1.02 bits per heavy atom. The zero-order valence-corrected chi connectivity index (χ0v) is 47.6. The number of hydrogen-bond donors (Lipinski definition) is 2. The molecule has 0 saturated heterocycles. The van der Waals surface area contributed by atoms with Gasteiger partial charge in [-0.15, -0.1) is 0 Å². The second-order valence-electron chi connectivity index (χ2n) is 21.4. The molecule has 19 heteroatoms. The quantitative estimate of drug-likeness (QED) is 0.0822. The van der Waals surface area contributed by atoms with Gasteiger partial charge in [0.15, 0.2) is 49.9 Å². The van der Waals surface area contributed by atoms with Crippen LogP contribution in [0.2, 0.25) is 162 Å². The molecular weight excluding hydrogens is 809 g/mol. The van der Waals surface area contributed by atoms with Gasteiger partial charge in [0.25, 0.3) is 0 Å². The van der Waals surface area contributed by atoms with Crippen LogP contribution in [0.1, 0.15) is 25.7 Å². The van der Waals surface area contributed by atoms with Gasteiger partial charge in [0.2, 0.25) is 0 Å². The van der Waals surface area contributed by atoms with E-state index in [1.807, 2.05) is 0 Å². The minimum Gasteiger partial charge on any atom is -0.456 e. The predicted molar refractivity (Wildman–Crippen MR) is 244 cm³/mol. The lowest BCUT2D eigenvalue weighted by molar-refractivity contribution is 0.0378. The molecule has 0 spiro atoms. The molecule has 0 amide bonds. The van der Waals surface area contributed by atoms with Crippen LogP contribution in [-0.2, 0) is 28.8 Å². The van der Waals surface area contributed by atoms with Crippen molar-refractivity contribution in [2.75, 3.05) is 13.2 Å². The highest BCUT2D eigenvalue weighted by Gasteiger charge is 2.48. The summed E-state index contributed by atoms with van der Waals surface area (Å²) in [6, 6.07) is 1.70. The summed E-state index contributed by atoms with van der Waals surface area (Å²) in [6.07, 6.45) is 3.10. The van der Waals surface area contributed by atoms with Crippen LogP contribution >= 0.6 is 0 Å². The molecule has 1 atom stereocenters. The molecule has 1 unspecified atom stereocenters. The van der Waals surface area contributed by atoms with Gasteiger partial charge in [0, 0.05) is 5.41 Å². The topological polar surface area (TPSA) is 105 Å². The molecule has 0 aromatic heterocycles. The molecule has 0 saturated carbocycles. The Bertz CT molecular complexity index is 908. The van der Waals surface area contributed by atoms with Crippen LogP contribution < -0.4 is 0 Å². The first-order valence-electron chi connectivity index (χ1n) is 19.3. The first-order chi connectivity index (χ1) is 22.2. The lowest BCUT2D eigenvalue weighted by Crippen LogP contribution is -2.59. The zero-order valence-electron chi connectivity index (χ0n) is 37.6. The van der Waals surface area contributed by atoms with Gasteiger partial charge < -0.3 is 39.0 Å². The molecule has 0 aliphatic rings. The first kappa shape index (κ1) is 52.8. The molecule has 0 aromatic carbocycles. The van der Waals surface area contributed by atoms with Gasteiger partial charge in [-0.3, -0.25) is 0 Å². The van der Waals surface area contributed by atoms with E-state index < -0.39 is 89.6 Å². The zero-order chi connectivity index (χ0) is 40.8. The molecule has 0 radical (unpaired) electrons. The summed E-state index contributed by atoms with van der Waals surface area (Å²) in [4.78, 5) is 0. The van der Waals surface area contributed by atoms with E-state index in [4.69, 9.17) is 28.8 Å². The fraction of sp³-hybridized carbons (Fsp3) is 1.00. The fourth-order valence-electron chi connectivity index (χ4n) is 8.08. The SMILES string of the molecule is C[Si](C)(C)O[Si](C)(C)C[Si](C)(CCCC(CO)(CO)CCC[Si](C)(O[Si](C)(C)O[Si](C)(C)C)O[Si](C)(C)O[Si](C)(C)C)O[Si](C)(C)O[Si](C)(C)C. The molecule has 0 bridgehead atoms. The molecule has 2 N–H and O–H groups in total. The molecule has 0 fully saturated rings. The minimum atomic E-state index is -2.77. The van der Waals surface area contributed by atoms with Crippen LogP contribution in [0.15, 0.2) is 0 Å². The Morgan fingerprint density at radius 2 is 0.706 bits per heavy atom. The molecule has 308 valence electrons. The summed E-state index contributed by atoms with van der Waals surface area (Å²) in [7, 11) is -21.6. The maximum atomic E-state index is 10.8. The normalized spacial score (nSPS) is 16.5. The molecule has 0 aliphatic heterocycles. The highest BCUT2D eigenvalue weighted by molar-refractivity contribution is 6.97. The third kappa shape index (κ3) is 24.9. The van der Waals surface area contributed by atoms with Gasteiger partial charge in [0.05, 0.1) is 13.2 Å². The maximum absolute atomic E-state index is 10.8. The minimum absolute atomic E-state index is 0.0570. The van der Waals surface area contributed by atoms with E-state index in [-0.39, 0.29) is 13.2 Å². The van der Waals surface area contributed by atoms with Crippen LogP contribution in [0.25, 0.3) is 0 Å². The van der Waals surface area contributed by atoms with E-state index in [0.29, 0.717) is 6.42 Å². The van der Waals surface area contributed by atoms with Gasteiger partial charge in [-0.05, 0) is 175 Å². The molecule has 0 aliphatic carbocycles. The summed E-state index contributed by atoms with van der Waals surface area (Å²) < 4.78 is 48.0. The van der Waals surface area contributed by atoms with Gasteiger partial charge in [-0.1, -0.05) is 12.8 Å². The van der Waals surface area contributed by atoms with Crippen molar-refractivity contribution < 1.29 is 39.0 Å². The number of aliphatic hydroxyl groups is 2. The molecular formula is C32H86O9Si10. The summed E-state index contributed by atoms with van der Waals surface area (Å²) in [5.41, 5.74) is 0.426. The van der Waals surface area contributed by atoms with Gasteiger partial charge in [-0.25, -0.2) is 0 Å². The monoisotopic (exact) mass is 894 g/mol. The van der Waals surface area contributed by atoms with E-state index >= 15 is 0 Å². The van der Waals surface area contributed by atoms with E-state index in [9.17, 15) is 10.2 Å². The summed E-state index contributed by atoms with van der Waals surface area (Å²) in [5.74, 6) is 0. The van der Waals surface area contributed by atoms with E-state index in [1.54, 1.807) is 0 Å². The predicted octanol–water partition coefficient (Wildman–Crippen LogP) is 10.5. The Balaban J connectivity index is 6.21. The molecule has 0 rings (SSSR count). The maximum Gasteiger partial charge on any atom is 0.317 e. The van der Waals surface area contributed by atoms with E-state index in [2.05, 4.69) is 144 Å². The number of hydrogen-bond acceptors (Lipinski definition) is 9. The summed E-state index contributed by atoms with van der Waals surface area (Å²) in [5, 5.41) is 21.7. The average Bonchev–Trinajstić information content (AvgIpc) is 2.74. The highest BCUT2D eigenvalue weighted by atomic mass is 28.5. The van der Waals surface area contributed by atoms with E-state index in [0.717, 1.165) is 37.0 Å². The smallest absolute Gasteiger partial charge is 0.317 e. The van der Waals surface area contributed by atoms with Gasteiger partial charge >= 0.3 is 34.2 Å². The molecule has 9 nitrogen and oxygen atoms in total. The Labute approximate surface area is 327 Å². The second-order valence-corrected chi connectivity index (χ2v) is 63.5. The second kappa shape index (κ2) is 19.0. The molecule has 0 heterocycles. The van der Waals surface area contributed by atoms with Crippen molar-refractivity contribution in [2.24, 2.45) is 5.41 Å². The van der Waals surface area contributed by atoms with Crippen molar-refractivity contribution in [3.63, 3.8) is 0 Å². The number of rotatable bonds is 26. The van der Waals surface area contributed by atoms with Crippen molar-refractivity contribution in [3.05, 3.63) is 0 Å². The van der Waals surface area contributed by atoms with Crippen molar-refractivity contribution in [2.45, 2.75) is 187 Å². The van der Waals surface area contributed by atoms with Crippen molar-refractivity contribution in [1.29, 1.82) is 0 Å². The van der Waals surface area contributed by atoms with Crippen molar-refractivity contribution in [3.8, 4) is 0 Å². The summed E-state index contributed by atoms with van der Waals surface area (Å²) in [6.45, 7) is 48.9. The van der Waals surface area contributed by atoms with Crippen LogP contribution in [0.5, 0.6) is 0 Å². The van der Waals surface area contributed by atoms with E-state index in [1.165, 1.54) is 0 Å². The van der Waals surface area contributed by atoms with Crippen LogP contribution in [0.4, 0.5) is 0 Å². The molecule has 51 heavy (non-hydrogen) atoms. The lowest BCUT2D eigenvalue weighted by Gasteiger charge is -2.44. The van der Waals surface area contributed by atoms with Gasteiger partial charge in [-0.2, -0.15) is 0 Å². The summed E-state index contributed by atoms with van der Waals surface area (Å²) >= 11 is 0. The van der Waals surface area contributed by atoms with Gasteiger partial charge in [0.1, 0.15) is 0 Å². The standard InChI is InChI=1S/C32H86O9Si10/c1-42(2,3)35-46(13,14)31-50(21,39-47(15,16)36-43(4,5)6)27-23-25-32(29-33,30-34)26-24-28-51(22,40-48(17,18)37-44(7,8)9)41-49(19,20)38-45(10,11)12/h33-34H,23-31H2,1-22H3. The average molecular weight is 896 g/mol.